The first-order valence-electron chi connectivity index (χ1n) is 5.38. The van der Waals surface area contributed by atoms with Crippen molar-refractivity contribution in [3.63, 3.8) is 0 Å². The molecule has 1 rings (SSSR count). The molecule has 0 heterocycles. The number of benzene rings is 1. The molecule has 3 N–H and O–H groups in total. The Morgan fingerprint density at radius 1 is 1.39 bits per heavy atom. The zero-order valence-corrected chi connectivity index (χ0v) is 10.3. The van der Waals surface area contributed by atoms with Gasteiger partial charge in [0.1, 0.15) is 0 Å². The van der Waals surface area contributed by atoms with Crippen LogP contribution in [0.4, 0.5) is 5.69 Å². The number of carboxylic acid groups (broad SMARTS) is 1. The van der Waals surface area contributed by atoms with Crippen molar-refractivity contribution in [2.75, 3.05) is 25.5 Å². The molecule has 1 aromatic carbocycles. The second kappa shape index (κ2) is 6.02. The fourth-order valence-electron chi connectivity index (χ4n) is 1.30. The van der Waals surface area contributed by atoms with Crippen LogP contribution >= 0.6 is 0 Å². The third kappa shape index (κ3) is 3.74. The van der Waals surface area contributed by atoms with Gasteiger partial charge in [-0.15, -0.1) is 0 Å². The van der Waals surface area contributed by atoms with E-state index in [9.17, 15) is 9.59 Å². The normalized spacial score (nSPS) is 11.7. The smallest absolute Gasteiger partial charge is 0.334 e. The van der Waals surface area contributed by atoms with Crippen LogP contribution in [-0.4, -0.2) is 48.8 Å². The van der Waals surface area contributed by atoms with Crippen LogP contribution in [0.5, 0.6) is 0 Å². The van der Waals surface area contributed by atoms with Crippen LogP contribution in [0.3, 0.4) is 0 Å². The number of hydrogen-bond donors (Lipinski definition) is 3. The summed E-state index contributed by atoms with van der Waals surface area (Å²) in [4.78, 5) is 23.9. The highest BCUT2D eigenvalue weighted by Crippen LogP contribution is 2.13. The summed E-state index contributed by atoms with van der Waals surface area (Å²) >= 11 is 0. The minimum Gasteiger partial charge on any atom is -0.479 e. The van der Waals surface area contributed by atoms with E-state index < -0.39 is 18.0 Å². The number of carbonyl (C=O) groups is 2. The number of rotatable bonds is 5. The number of aliphatic hydroxyl groups excluding tert-OH is 1. The first kappa shape index (κ1) is 14.0. The summed E-state index contributed by atoms with van der Waals surface area (Å²) in [5.41, 5.74) is 1.28. The van der Waals surface area contributed by atoms with Gasteiger partial charge in [0, 0.05) is 25.3 Å². The molecule has 0 saturated carbocycles. The van der Waals surface area contributed by atoms with Gasteiger partial charge in [0.25, 0.3) is 5.91 Å². The zero-order valence-electron chi connectivity index (χ0n) is 10.3. The largest absolute Gasteiger partial charge is 0.479 e. The van der Waals surface area contributed by atoms with E-state index in [1.165, 1.54) is 0 Å². The molecular weight excluding hydrogens is 236 g/mol. The molecule has 0 aliphatic carbocycles. The molecular formula is C12H16N2O4. The van der Waals surface area contributed by atoms with Crippen LogP contribution < -0.4 is 10.2 Å². The van der Waals surface area contributed by atoms with E-state index in [1.54, 1.807) is 18.2 Å². The van der Waals surface area contributed by atoms with Gasteiger partial charge in [-0.2, -0.15) is 0 Å². The molecule has 0 saturated heterocycles. The van der Waals surface area contributed by atoms with E-state index in [0.29, 0.717) is 5.56 Å². The molecule has 0 aliphatic heterocycles. The summed E-state index contributed by atoms with van der Waals surface area (Å²) < 4.78 is 0. The first-order chi connectivity index (χ1) is 8.41. The lowest BCUT2D eigenvalue weighted by Crippen LogP contribution is -2.36. The molecule has 0 radical (unpaired) electrons. The van der Waals surface area contributed by atoms with E-state index in [0.717, 1.165) is 5.69 Å². The van der Waals surface area contributed by atoms with Crippen molar-refractivity contribution < 1.29 is 19.8 Å². The Morgan fingerprint density at radius 2 is 2.06 bits per heavy atom. The highest BCUT2D eigenvalue weighted by molar-refractivity contribution is 5.95. The average Bonchev–Trinajstić information content (AvgIpc) is 2.35. The molecule has 6 nitrogen and oxygen atoms in total. The third-order valence-corrected chi connectivity index (χ3v) is 2.37. The van der Waals surface area contributed by atoms with Gasteiger partial charge >= 0.3 is 5.97 Å². The molecule has 0 fully saturated rings. The summed E-state index contributed by atoms with van der Waals surface area (Å²) in [6.07, 6.45) is -1.59. The molecule has 98 valence electrons. The minimum absolute atomic E-state index is 0.319. The summed E-state index contributed by atoms with van der Waals surface area (Å²) in [5, 5.41) is 19.9. The van der Waals surface area contributed by atoms with E-state index >= 15 is 0 Å². The van der Waals surface area contributed by atoms with E-state index in [4.69, 9.17) is 10.2 Å². The van der Waals surface area contributed by atoms with Crippen LogP contribution in [0, 0.1) is 0 Å². The summed E-state index contributed by atoms with van der Waals surface area (Å²) in [6.45, 7) is -0.319. The van der Waals surface area contributed by atoms with Gasteiger partial charge in [-0.1, -0.05) is 6.07 Å². The highest BCUT2D eigenvalue weighted by Gasteiger charge is 2.15. The number of nitrogens with zero attached hydrogens (tertiary/aromatic N) is 1. The average molecular weight is 252 g/mol. The van der Waals surface area contributed by atoms with Crippen LogP contribution in [-0.2, 0) is 4.79 Å². The zero-order chi connectivity index (χ0) is 13.7. The standard InChI is InChI=1S/C12H16N2O4/c1-14(2)9-5-3-4-8(6-9)11(16)13-7-10(15)12(17)18/h3-6,10,15H,7H2,1-2H3,(H,13,16)(H,17,18). The Hall–Kier alpha value is -2.08. The maximum atomic E-state index is 11.7. The molecule has 0 spiro atoms. The number of hydrogen-bond acceptors (Lipinski definition) is 4. The molecule has 6 heteroatoms. The van der Waals surface area contributed by atoms with Crippen molar-refractivity contribution in [3.8, 4) is 0 Å². The van der Waals surface area contributed by atoms with Gasteiger partial charge in [0.05, 0.1) is 6.54 Å². The monoisotopic (exact) mass is 252 g/mol. The van der Waals surface area contributed by atoms with Gasteiger partial charge in [-0.05, 0) is 18.2 Å². The Balaban J connectivity index is 2.67. The topological polar surface area (TPSA) is 89.9 Å². The molecule has 1 atom stereocenters. The van der Waals surface area contributed by atoms with Crippen molar-refractivity contribution >= 4 is 17.6 Å². The van der Waals surface area contributed by atoms with Gasteiger partial charge in [-0.25, -0.2) is 4.79 Å². The minimum atomic E-state index is -1.59. The number of aliphatic hydroxyl groups is 1. The predicted molar refractivity (Wildman–Crippen MR) is 66.7 cm³/mol. The Bertz CT molecular complexity index is 445. The van der Waals surface area contributed by atoms with E-state index in [1.807, 2.05) is 25.1 Å². The molecule has 0 aromatic heterocycles. The summed E-state index contributed by atoms with van der Waals surface area (Å²) in [6, 6.07) is 6.89. The molecule has 1 aromatic rings. The number of carboxylic acids is 1. The third-order valence-electron chi connectivity index (χ3n) is 2.37. The van der Waals surface area contributed by atoms with Crippen molar-refractivity contribution in [3.05, 3.63) is 29.8 Å². The lowest BCUT2D eigenvalue weighted by atomic mass is 10.2. The van der Waals surface area contributed by atoms with Crippen molar-refractivity contribution in [2.24, 2.45) is 0 Å². The molecule has 0 aliphatic rings. The van der Waals surface area contributed by atoms with Crippen LogP contribution in [0.25, 0.3) is 0 Å². The second-order valence-electron chi connectivity index (χ2n) is 4.01. The van der Waals surface area contributed by atoms with Gasteiger partial charge in [0.2, 0.25) is 0 Å². The first-order valence-corrected chi connectivity index (χ1v) is 5.38. The van der Waals surface area contributed by atoms with Gasteiger partial charge < -0.3 is 20.4 Å². The maximum Gasteiger partial charge on any atom is 0.334 e. The fourth-order valence-corrected chi connectivity index (χ4v) is 1.30. The van der Waals surface area contributed by atoms with Gasteiger partial charge in [0.15, 0.2) is 6.10 Å². The molecule has 1 amide bonds. The highest BCUT2D eigenvalue weighted by atomic mass is 16.4. The second-order valence-corrected chi connectivity index (χ2v) is 4.01. The summed E-state index contributed by atoms with van der Waals surface area (Å²) in [7, 11) is 3.70. The number of nitrogens with one attached hydrogen (secondary N) is 1. The van der Waals surface area contributed by atoms with Crippen LogP contribution in [0.2, 0.25) is 0 Å². The number of anilines is 1. The molecule has 1 unspecified atom stereocenters. The van der Waals surface area contributed by atoms with Crippen molar-refractivity contribution in [1.29, 1.82) is 0 Å². The van der Waals surface area contributed by atoms with Crippen molar-refractivity contribution in [2.45, 2.75) is 6.10 Å². The predicted octanol–water partition coefficient (Wildman–Crippen LogP) is -0.0721. The quantitative estimate of drug-likeness (QED) is 0.682. The Morgan fingerprint density at radius 3 is 2.61 bits per heavy atom. The number of amides is 1. The lowest BCUT2D eigenvalue weighted by molar-refractivity contribution is -0.146. The number of carbonyl (C=O) groups excluding carboxylic acids is 1. The molecule has 0 bridgehead atoms. The summed E-state index contributed by atoms with van der Waals surface area (Å²) in [5.74, 6) is -1.78. The molecule has 18 heavy (non-hydrogen) atoms. The maximum absolute atomic E-state index is 11.7. The van der Waals surface area contributed by atoms with Gasteiger partial charge in [-0.3, -0.25) is 4.79 Å². The van der Waals surface area contributed by atoms with E-state index in [-0.39, 0.29) is 6.54 Å². The Labute approximate surface area is 105 Å². The Kier molecular flexibility index (Phi) is 4.67. The SMILES string of the molecule is CN(C)c1cccc(C(=O)NCC(O)C(=O)O)c1. The van der Waals surface area contributed by atoms with E-state index in [2.05, 4.69) is 5.32 Å². The van der Waals surface area contributed by atoms with Crippen LogP contribution in [0.1, 0.15) is 10.4 Å². The fraction of sp³-hybridized carbons (Fsp3) is 0.333. The van der Waals surface area contributed by atoms with Crippen LogP contribution in [0.15, 0.2) is 24.3 Å². The number of aliphatic carboxylic acids is 1. The van der Waals surface area contributed by atoms with Crippen molar-refractivity contribution in [1.82, 2.24) is 5.32 Å². The lowest BCUT2D eigenvalue weighted by Gasteiger charge is -2.13.